The number of nitrogens with two attached hydrogens (primary N) is 1. The van der Waals surface area contributed by atoms with Crippen molar-refractivity contribution < 1.29 is 5.11 Å². The topological polar surface area (TPSA) is 46.2 Å². The summed E-state index contributed by atoms with van der Waals surface area (Å²) in [6, 6.07) is 8.21. The van der Waals surface area contributed by atoms with Crippen LogP contribution in [-0.4, -0.2) is 17.3 Å². The second kappa shape index (κ2) is 3.95. The van der Waals surface area contributed by atoms with Gasteiger partial charge >= 0.3 is 0 Å². The van der Waals surface area contributed by atoms with Crippen molar-refractivity contribution in [3.05, 3.63) is 35.4 Å². The smallest absolute Gasteiger partial charge is 0.0837 e. The van der Waals surface area contributed by atoms with Crippen LogP contribution in [-0.2, 0) is 6.42 Å². The number of benzene rings is 1. The van der Waals surface area contributed by atoms with Gasteiger partial charge in [0.25, 0.3) is 0 Å². The lowest BCUT2D eigenvalue weighted by Crippen LogP contribution is -2.42. The number of aliphatic hydroxyl groups is 1. The Morgan fingerprint density at radius 3 is 2.60 bits per heavy atom. The molecule has 1 fully saturated rings. The van der Waals surface area contributed by atoms with E-state index < -0.39 is 5.60 Å². The number of hydrogen-bond donors (Lipinski definition) is 2. The maximum Gasteiger partial charge on any atom is 0.0837 e. The standard InChI is InChI=1S/C13H19NO/c1-10-4-2-3-5-11(10)8-13(15,9-14)12-6-7-12/h2-5,12,15H,6-9,14H2,1H3. The summed E-state index contributed by atoms with van der Waals surface area (Å²) in [5, 5.41) is 10.4. The van der Waals surface area contributed by atoms with Gasteiger partial charge in [-0.25, -0.2) is 0 Å². The molecule has 15 heavy (non-hydrogen) atoms. The molecule has 0 radical (unpaired) electrons. The molecular formula is C13H19NO. The number of hydrogen-bond acceptors (Lipinski definition) is 2. The van der Waals surface area contributed by atoms with Gasteiger partial charge in [-0.2, -0.15) is 0 Å². The monoisotopic (exact) mass is 205 g/mol. The summed E-state index contributed by atoms with van der Waals surface area (Å²) in [5.41, 5.74) is 7.48. The van der Waals surface area contributed by atoms with Crippen LogP contribution in [0.25, 0.3) is 0 Å². The lowest BCUT2D eigenvalue weighted by atomic mass is 9.88. The Hall–Kier alpha value is -0.860. The summed E-state index contributed by atoms with van der Waals surface area (Å²) in [6.07, 6.45) is 2.94. The van der Waals surface area contributed by atoms with E-state index in [1.807, 2.05) is 12.1 Å². The van der Waals surface area contributed by atoms with Crippen molar-refractivity contribution in [1.29, 1.82) is 0 Å². The molecule has 0 saturated heterocycles. The van der Waals surface area contributed by atoms with Crippen LogP contribution in [0.4, 0.5) is 0 Å². The van der Waals surface area contributed by atoms with Crippen molar-refractivity contribution in [2.45, 2.75) is 31.8 Å². The first kappa shape index (κ1) is 10.7. The van der Waals surface area contributed by atoms with Gasteiger partial charge in [0.1, 0.15) is 0 Å². The highest BCUT2D eigenvalue weighted by Gasteiger charge is 2.42. The zero-order chi connectivity index (χ0) is 10.9. The molecule has 1 aliphatic rings. The molecule has 1 aliphatic carbocycles. The van der Waals surface area contributed by atoms with E-state index in [1.54, 1.807) is 0 Å². The molecule has 1 atom stereocenters. The Kier molecular flexibility index (Phi) is 2.81. The summed E-state index contributed by atoms with van der Waals surface area (Å²) < 4.78 is 0. The molecule has 2 heteroatoms. The molecule has 3 N–H and O–H groups in total. The van der Waals surface area contributed by atoms with Gasteiger partial charge in [0, 0.05) is 13.0 Å². The van der Waals surface area contributed by atoms with E-state index in [0.29, 0.717) is 18.9 Å². The summed E-state index contributed by atoms with van der Waals surface area (Å²) in [5.74, 6) is 0.419. The summed E-state index contributed by atoms with van der Waals surface area (Å²) in [7, 11) is 0. The SMILES string of the molecule is Cc1ccccc1CC(O)(CN)C1CC1. The third kappa shape index (κ3) is 2.21. The highest BCUT2D eigenvalue weighted by molar-refractivity contribution is 5.27. The molecule has 1 unspecified atom stereocenters. The fraction of sp³-hybridized carbons (Fsp3) is 0.538. The van der Waals surface area contributed by atoms with Gasteiger partial charge in [-0.3, -0.25) is 0 Å². The second-order valence-corrected chi connectivity index (χ2v) is 4.69. The Morgan fingerprint density at radius 2 is 2.07 bits per heavy atom. The minimum absolute atomic E-state index is 0.367. The fourth-order valence-corrected chi connectivity index (χ4v) is 2.14. The molecule has 0 aromatic heterocycles. The van der Waals surface area contributed by atoms with Gasteiger partial charge in [-0.05, 0) is 36.8 Å². The minimum atomic E-state index is -0.674. The molecule has 0 spiro atoms. The normalized spacial score (nSPS) is 19.9. The molecule has 0 heterocycles. The van der Waals surface area contributed by atoms with Crippen LogP contribution in [0, 0.1) is 12.8 Å². The fourth-order valence-electron chi connectivity index (χ4n) is 2.14. The zero-order valence-electron chi connectivity index (χ0n) is 9.24. The van der Waals surface area contributed by atoms with Crippen molar-refractivity contribution in [3.63, 3.8) is 0 Å². The summed E-state index contributed by atoms with van der Waals surface area (Å²) in [4.78, 5) is 0. The van der Waals surface area contributed by atoms with Crippen molar-refractivity contribution in [2.24, 2.45) is 11.7 Å². The molecule has 82 valence electrons. The molecule has 1 aromatic carbocycles. The Balaban J connectivity index is 2.16. The second-order valence-electron chi connectivity index (χ2n) is 4.69. The Labute approximate surface area is 91.1 Å². The summed E-state index contributed by atoms with van der Waals surface area (Å²) in [6.45, 7) is 2.45. The molecule has 0 amide bonds. The highest BCUT2D eigenvalue weighted by atomic mass is 16.3. The van der Waals surface area contributed by atoms with E-state index in [2.05, 4.69) is 19.1 Å². The molecule has 0 aliphatic heterocycles. The average molecular weight is 205 g/mol. The van der Waals surface area contributed by atoms with Gasteiger partial charge in [-0.1, -0.05) is 24.3 Å². The van der Waals surface area contributed by atoms with Crippen LogP contribution in [0.15, 0.2) is 24.3 Å². The Morgan fingerprint density at radius 1 is 1.40 bits per heavy atom. The maximum atomic E-state index is 10.4. The van der Waals surface area contributed by atoms with Gasteiger partial charge in [0.15, 0.2) is 0 Å². The molecule has 1 saturated carbocycles. The van der Waals surface area contributed by atoms with Gasteiger partial charge in [0.2, 0.25) is 0 Å². The van der Waals surface area contributed by atoms with Crippen molar-refractivity contribution >= 4 is 0 Å². The quantitative estimate of drug-likeness (QED) is 0.785. The third-order valence-corrected chi connectivity index (χ3v) is 3.45. The first-order chi connectivity index (χ1) is 7.15. The van der Waals surface area contributed by atoms with Crippen LogP contribution in [0.2, 0.25) is 0 Å². The summed E-state index contributed by atoms with van der Waals surface area (Å²) >= 11 is 0. The van der Waals surface area contributed by atoms with Gasteiger partial charge in [-0.15, -0.1) is 0 Å². The lowest BCUT2D eigenvalue weighted by molar-refractivity contribution is 0.0266. The van der Waals surface area contributed by atoms with Crippen LogP contribution >= 0.6 is 0 Å². The van der Waals surface area contributed by atoms with E-state index >= 15 is 0 Å². The third-order valence-electron chi connectivity index (χ3n) is 3.45. The Bertz CT molecular complexity index is 346. The molecular weight excluding hydrogens is 186 g/mol. The zero-order valence-corrected chi connectivity index (χ0v) is 9.24. The van der Waals surface area contributed by atoms with Crippen LogP contribution in [0.1, 0.15) is 24.0 Å². The van der Waals surface area contributed by atoms with E-state index in [4.69, 9.17) is 5.73 Å². The average Bonchev–Trinajstić information content (AvgIpc) is 3.05. The molecule has 2 rings (SSSR count). The molecule has 0 bridgehead atoms. The molecule has 2 nitrogen and oxygen atoms in total. The van der Waals surface area contributed by atoms with Crippen molar-refractivity contribution in [2.75, 3.05) is 6.54 Å². The number of rotatable bonds is 4. The largest absolute Gasteiger partial charge is 0.388 e. The van der Waals surface area contributed by atoms with Crippen LogP contribution < -0.4 is 5.73 Å². The van der Waals surface area contributed by atoms with E-state index in [0.717, 1.165) is 12.8 Å². The first-order valence-corrected chi connectivity index (χ1v) is 5.63. The van der Waals surface area contributed by atoms with Crippen molar-refractivity contribution in [3.8, 4) is 0 Å². The van der Waals surface area contributed by atoms with Crippen LogP contribution in [0.5, 0.6) is 0 Å². The highest BCUT2D eigenvalue weighted by Crippen LogP contribution is 2.41. The first-order valence-electron chi connectivity index (χ1n) is 5.63. The van der Waals surface area contributed by atoms with Crippen LogP contribution in [0.3, 0.4) is 0 Å². The van der Waals surface area contributed by atoms with Crippen molar-refractivity contribution in [1.82, 2.24) is 0 Å². The lowest BCUT2D eigenvalue weighted by Gasteiger charge is -2.27. The maximum absolute atomic E-state index is 10.4. The number of aryl methyl sites for hydroxylation is 1. The van der Waals surface area contributed by atoms with Gasteiger partial charge < -0.3 is 10.8 Å². The predicted molar refractivity (Wildman–Crippen MR) is 61.6 cm³/mol. The minimum Gasteiger partial charge on any atom is -0.388 e. The van der Waals surface area contributed by atoms with E-state index in [-0.39, 0.29) is 0 Å². The predicted octanol–water partition coefficient (Wildman–Crippen LogP) is 1.64. The van der Waals surface area contributed by atoms with E-state index in [9.17, 15) is 5.11 Å². The van der Waals surface area contributed by atoms with Gasteiger partial charge in [0.05, 0.1) is 5.60 Å². The molecule has 1 aromatic rings. The van der Waals surface area contributed by atoms with E-state index in [1.165, 1.54) is 11.1 Å².